The molecule has 0 fully saturated rings. The van der Waals surface area contributed by atoms with Gasteiger partial charge in [0.25, 0.3) is 0 Å². The highest BCUT2D eigenvalue weighted by Gasteiger charge is 2.16. The molecule has 2 heterocycles. The average Bonchev–Trinajstić information content (AvgIpc) is 3.36. The monoisotopic (exact) mass is 596 g/mol. The van der Waals surface area contributed by atoms with Crippen LogP contribution in [0.1, 0.15) is 50.3 Å². The molecule has 4 aromatic rings. The fourth-order valence-corrected chi connectivity index (χ4v) is 5.13. The third-order valence-corrected chi connectivity index (χ3v) is 7.44. The maximum atomic E-state index is 15.1. The lowest BCUT2D eigenvalue weighted by atomic mass is 10.0. The molecule has 0 aliphatic heterocycles. The van der Waals surface area contributed by atoms with Gasteiger partial charge in [-0.25, -0.2) is 9.18 Å². The van der Waals surface area contributed by atoms with E-state index in [4.69, 9.17) is 28.8 Å². The Morgan fingerprint density at radius 2 is 1.93 bits per heavy atom. The molecule has 2 aromatic carbocycles. The molecule has 224 valence electrons. The van der Waals surface area contributed by atoms with E-state index in [9.17, 15) is 9.90 Å². The van der Waals surface area contributed by atoms with Crippen molar-refractivity contribution in [3.63, 3.8) is 0 Å². The standard InChI is InChI=1S/C30H38ClFN8O2/c1-17(33)4-3-5-19-12-24(27(32)25(31)13-19)26-14-21-15-40(30(42)39-28(21)38-26)23-8-6-20(7-9-23)18(2)37-22(16-41)10-11-36-29(34)35/h6-9,12-15,17-18,22,37,41H,3-5,10-11,16,33H2,1-2H3,(H4,34,35,36)(H,38,39,42)/t17-,18-,22-/m0/s1. The molecule has 0 spiro atoms. The number of aliphatic hydroxyl groups excluding tert-OH is 1. The Balaban J connectivity index is 1.55. The lowest BCUT2D eigenvalue weighted by Gasteiger charge is -2.22. The summed E-state index contributed by atoms with van der Waals surface area (Å²) in [7, 11) is 0. The van der Waals surface area contributed by atoms with Gasteiger partial charge in [0.2, 0.25) is 0 Å². The predicted molar refractivity (Wildman–Crippen MR) is 166 cm³/mol. The number of guanidine groups is 1. The zero-order chi connectivity index (χ0) is 30.4. The van der Waals surface area contributed by atoms with Crippen molar-refractivity contribution in [3.8, 4) is 16.9 Å². The van der Waals surface area contributed by atoms with Gasteiger partial charge in [-0.1, -0.05) is 23.7 Å². The molecule has 0 bridgehead atoms. The van der Waals surface area contributed by atoms with Crippen LogP contribution < -0.4 is 28.2 Å². The van der Waals surface area contributed by atoms with E-state index in [0.29, 0.717) is 40.9 Å². The first kappa shape index (κ1) is 31.2. The number of nitrogens with two attached hydrogens (primary N) is 3. The van der Waals surface area contributed by atoms with Crippen LogP contribution in [0.4, 0.5) is 4.39 Å². The molecule has 3 atom stereocenters. The smallest absolute Gasteiger partial charge is 0.354 e. The van der Waals surface area contributed by atoms with Gasteiger partial charge in [0.15, 0.2) is 11.8 Å². The molecule has 0 saturated heterocycles. The molecule has 0 aliphatic carbocycles. The number of aliphatic hydroxyl groups is 1. The normalized spacial score (nSPS) is 13.7. The van der Waals surface area contributed by atoms with Crippen LogP contribution in [-0.4, -0.2) is 50.8 Å². The zero-order valence-electron chi connectivity index (χ0n) is 23.8. The minimum absolute atomic E-state index is 0.0173. The summed E-state index contributed by atoms with van der Waals surface area (Å²) in [6.07, 6.45) is 4.69. The van der Waals surface area contributed by atoms with E-state index < -0.39 is 11.5 Å². The first-order chi connectivity index (χ1) is 20.0. The fourth-order valence-electron chi connectivity index (χ4n) is 4.89. The number of nitrogens with zero attached hydrogens (tertiary/aromatic N) is 3. The van der Waals surface area contributed by atoms with Gasteiger partial charge in [0.1, 0.15) is 5.65 Å². The van der Waals surface area contributed by atoms with Crippen LogP contribution in [0.15, 0.2) is 58.4 Å². The van der Waals surface area contributed by atoms with Crippen molar-refractivity contribution >= 4 is 28.6 Å². The van der Waals surface area contributed by atoms with Gasteiger partial charge >= 0.3 is 5.69 Å². The summed E-state index contributed by atoms with van der Waals surface area (Å²) in [5.41, 5.74) is 19.8. The van der Waals surface area contributed by atoms with Gasteiger partial charge in [-0.05, 0) is 81.0 Å². The lowest BCUT2D eigenvalue weighted by molar-refractivity contribution is 0.228. The number of aliphatic imine (C=N–C) groups is 1. The molecular formula is C30H38ClFN8O2. The van der Waals surface area contributed by atoms with E-state index in [0.717, 1.165) is 30.4 Å². The summed E-state index contributed by atoms with van der Waals surface area (Å²) in [6, 6.07) is 12.5. The summed E-state index contributed by atoms with van der Waals surface area (Å²) in [4.78, 5) is 24.2. The molecule has 10 nitrogen and oxygen atoms in total. The lowest BCUT2D eigenvalue weighted by Crippen LogP contribution is -2.35. The molecule has 0 aliphatic rings. The number of aromatic amines is 1. The van der Waals surface area contributed by atoms with E-state index in [1.807, 2.05) is 38.1 Å². The molecule has 0 amide bonds. The van der Waals surface area contributed by atoms with Gasteiger partial charge < -0.3 is 32.6 Å². The van der Waals surface area contributed by atoms with Crippen molar-refractivity contribution < 1.29 is 9.50 Å². The number of rotatable bonds is 13. The van der Waals surface area contributed by atoms with Gasteiger partial charge in [-0.3, -0.25) is 9.56 Å². The van der Waals surface area contributed by atoms with Crippen molar-refractivity contribution in [1.82, 2.24) is 19.9 Å². The van der Waals surface area contributed by atoms with Crippen LogP contribution in [0, 0.1) is 5.82 Å². The largest absolute Gasteiger partial charge is 0.395 e. The summed E-state index contributed by atoms with van der Waals surface area (Å²) in [6.45, 7) is 4.29. The second-order valence-corrected chi connectivity index (χ2v) is 11.1. The predicted octanol–water partition coefficient (Wildman–Crippen LogP) is 3.52. The highest BCUT2D eigenvalue weighted by molar-refractivity contribution is 6.31. The molecule has 0 saturated carbocycles. The van der Waals surface area contributed by atoms with Crippen LogP contribution in [0.3, 0.4) is 0 Å². The Morgan fingerprint density at radius 3 is 2.60 bits per heavy atom. The molecule has 4 rings (SSSR count). The van der Waals surface area contributed by atoms with Gasteiger partial charge in [0, 0.05) is 41.8 Å². The zero-order valence-corrected chi connectivity index (χ0v) is 24.5. The molecule has 12 heteroatoms. The number of nitrogens with one attached hydrogen (secondary N) is 2. The number of fused-ring (bicyclic) bond motifs is 1. The summed E-state index contributed by atoms with van der Waals surface area (Å²) >= 11 is 6.23. The number of aryl methyl sites for hydroxylation is 1. The topological polar surface area (TPSA) is 173 Å². The van der Waals surface area contributed by atoms with Crippen LogP contribution in [0.25, 0.3) is 28.0 Å². The summed E-state index contributed by atoms with van der Waals surface area (Å²) in [5, 5.41) is 13.8. The Kier molecular flexibility index (Phi) is 10.3. The first-order valence-electron chi connectivity index (χ1n) is 13.9. The number of hydrogen-bond acceptors (Lipinski definition) is 6. The van der Waals surface area contributed by atoms with Crippen molar-refractivity contribution in [3.05, 3.63) is 81.1 Å². The summed E-state index contributed by atoms with van der Waals surface area (Å²) < 4.78 is 16.5. The van der Waals surface area contributed by atoms with E-state index in [-0.39, 0.29) is 35.7 Å². The van der Waals surface area contributed by atoms with E-state index in [2.05, 4.69) is 20.3 Å². The van der Waals surface area contributed by atoms with E-state index in [1.165, 1.54) is 4.57 Å². The van der Waals surface area contributed by atoms with Gasteiger partial charge in [-0.2, -0.15) is 4.98 Å². The first-order valence-corrected chi connectivity index (χ1v) is 14.3. The minimum atomic E-state index is -0.535. The van der Waals surface area contributed by atoms with Crippen LogP contribution in [0.5, 0.6) is 0 Å². The number of H-pyrrole nitrogens is 1. The number of hydrogen-bond donors (Lipinski definition) is 6. The maximum Gasteiger partial charge on any atom is 0.354 e. The van der Waals surface area contributed by atoms with Crippen LogP contribution in [-0.2, 0) is 6.42 Å². The van der Waals surface area contributed by atoms with Crippen LogP contribution >= 0.6 is 11.6 Å². The van der Waals surface area contributed by atoms with Crippen LogP contribution in [0.2, 0.25) is 5.02 Å². The van der Waals surface area contributed by atoms with Gasteiger partial charge in [-0.15, -0.1) is 0 Å². The molecule has 42 heavy (non-hydrogen) atoms. The second kappa shape index (κ2) is 13.9. The Hall–Kier alpha value is -3.77. The third-order valence-electron chi connectivity index (χ3n) is 7.16. The highest BCUT2D eigenvalue weighted by atomic mass is 35.5. The maximum absolute atomic E-state index is 15.1. The molecule has 2 aromatic heterocycles. The molecule has 0 radical (unpaired) electrons. The Morgan fingerprint density at radius 1 is 1.19 bits per heavy atom. The van der Waals surface area contributed by atoms with E-state index in [1.54, 1.807) is 24.4 Å². The summed E-state index contributed by atoms with van der Waals surface area (Å²) in [5.74, 6) is -0.518. The average molecular weight is 597 g/mol. The third kappa shape index (κ3) is 7.74. The molecule has 9 N–H and O–H groups in total. The second-order valence-electron chi connectivity index (χ2n) is 10.6. The Labute approximate surface area is 248 Å². The van der Waals surface area contributed by atoms with Gasteiger partial charge in [0.05, 0.1) is 23.0 Å². The quantitative estimate of drug-likeness (QED) is 0.101. The van der Waals surface area contributed by atoms with Crippen molar-refractivity contribution in [2.24, 2.45) is 22.2 Å². The number of aromatic nitrogens is 3. The highest BCUT2D eigenvalue weighted by Crippen LogP contribution is 2.31. The molecule has 0 unspecified atom stereocenters. The van der Waals surface area contributed by atoms with Crippen molar-refractivity contribution in [1.29, 1.82) is 0 Å². The number of halogens is 2. The fraction of sp³-hybridized carbons (Fsp3) is 0.367. The Bertz CT molecular complexity index is 1600. The van der Waals surface area contributed by atoms with E-state index >= 15 is 4.39 Å². The van der Waals surface area contributed by atoms with Crippen molar-refractivity contribution in [2.75, 3.05) is 13.2 Å². The molecular weight excluding hydrogens is 559 g/mol. The number of benzene rings is 2. The minimum Gasteiger partial charge on any atom is -0.395 e. The SMILES string of the molecule is C[C@H](N)CCCc1cc(Cl)c(F)c(-c2cc3cn(-c4ccc([C@H](C)N[C@H](CO)CCN=C(N)N)cc4)c(=O)nc3[nH]2)c1. The van der Waals surface area contributed by atoms with Crippen molar-refractivity contribution in [2.45, 2.75) is 57.7 Å².